The zero-order chi connectivity index (χ0) is 11.4. The SMILES string of the molecule is CN1CCC(Oc2cncc(NN)n2)CC1. The summed E-state index contributed by atoms with van der Waals surface area (Å²) in [4.78, 5) is 10.5. The topological polar surface area (TPSA) is 76.3 Å². The first-order valence-electron chi connectivity index (χ1n) is 5.42. The number of nitrogens with one attached hydrogen (secondary N) is 1. The Morgan fingerprint density at radius 3 is 2.88 bits per heavy atom. The third kappa shape index (κ3) is 2.80. The van der Waals surface area contributed by atoms with Crippen LogP contribution in [0.2, 0.25) is 0 Å². The minimum atomic E-state index is 0.235. The van der Waals surface area contributed by atoms with Crippen molar-refractivity contribution in [3.8, 4) is 5.88 Å². The molecule has 6 nitrogen and oxygen atoms in total. The van der Waals surface area contributed by atoms with Gasteiger partial charge in [0.15, 0.2) is 5.82 Å². The lowest BCUT2D eigenvalue weighted by Gasteiger charge is -2.28. The summed E-state index contributed by atoms with van der Waals surface area (Å²) in [6.45, 7) is 2.12. The second-order valence-corrected chi connectivity index (χ2v) is 4.01. The monoisotopic (exact) mass is 223 g/mol. The van der Waals surface area contributed by atoms with Crippen LogP contribution in [0.4, 0.5) is 5.82 Å². The summed E-state index contributed by atoms with van der Waals surface area (Å²) < 4.78 is 5.75. The number of hydrogen-bond donors (Lipinski definition) is 2. The number of hydrogen-bond acceptors (Lipinski definition) is 6. The lowest BCUT2D eigenvalue weighted by Crippen LogP contribution is -2.35. The number of likely N-dealkylation sites (tertiary alicyclic amines) is 1. The molecule has 0 bridgehead atoms. The third-order valence-electron chi connectivity index (χ3n) is 2.71. The molecule has 0 aliphatic carbocycles. The van der Waals surface area contributed by atoms with Gasteiger partial charge in [0.1, 0.15) is 6.10 Å². The minimum absolute atomic E-state index is 0.235. The molecule has 1 saturated heterocycles. The summed E-state index contributed by atoms with van der Waals surface area (Å²) >= 11 is 0. The van der Waals surface area contributed by atoms with E-state index in [1.807, 2.05) is 0 Å². The Hall–Kier alpha value is -1.40. The first-order valence-corrected chi connectivity index (χ1v) is 5.42. The van der Waals surface area contributed by atoms with E-state index in [0.29, 0.717) is 11.7 Å². The maximum Gasteiger partial charge on any atom is 0.234 e. The van der Waals surface area contributed by atoms with E-state index in [1.165, 1.54) is 0 Å². The molecule has 3 N–H and O–H groups in total. The van der Waals surface area contributed by atoms with Crippen LogP contribution in [-0.4, -0.2) is 41.1 Å². The molecule has 0 saturated carbocycles. The van der Waals surface area contributed by atoms with Crippen molar-refractivity contribution < 1.29 is 4.74 Å². The van der Waals surface area contributed by atoms with Crippen molar-refractivity contribution in [2.24, 2.45) is 5.84 Å². The van der Waals surface area contributed by atoms with Gasteiger partial charge in [0.05, 0.1) is 12.4 Å². The van der Waals surface area contributed by atoms with Crippen molar-refractivity contribution in [3.63, 3.8) is 0 Å². The Morgan fingerprint density at radius 2 is 2.19 bits per heavy atom. The Kier molecular flexibility index (Phi) is 3.53. The zero-order valence-corrected chi connectivity index (χ0v) is 9.39. The molecule has 0 unspecified atom stereocenters. The van der Waals surface area contributed by atoms with Crippen molar-refractivity contribution in [1.29, 1.82) is 0 Å². The molecule has 1 aromatic heterocycles. The minimum Gasteiger partial charge on any atom is -0.473 e. The van der Waals surface area contributed by atoms with Crippen molar-refractivity contribution >= 4 is 5.82 Å². The van der Waals surface area contributed by atoms with Gasteiger partial charge in [-0.05, 0) is 19.9 Å². The molecule has 0 radical (unpaired) electrons. The van der Waals surface area contributed by atoms with E-state index in [9.17, 15) is 0 Å². The fraction of sp³-hybridized carbons (Fsp3) is 0.600. The van der Waals surface area contributed by atoms with E-state index in [-0.39, 0.29) is 6.10 Å². The number of hydrazine groups is 1. The lowest BCUT2D eigenvalue weighted by molar-refractivity contribution is 0.109. The third-order valence-corrected chi connectivity index (χ3v) is 2.71. The van der Waals surface area contributed by atoms with Gasteiger partial charge in [0.2, 0.25) is 5.88 Å². The molecule has 0 amide bonds. The maximum absolute atomic E-state index is 5.75. The quantitative estimate of drug-likeness (QED) is 0.564. The number of nitrogens with zero attached hydrogens (tertiary/aromatic N) is 3. The number of aromatic nitrogens is 2. The Morgan fingerprint density at radius 1 is 1.44 bits per heavy atom. The summed E-state index contributed by atoms with van der Waals surface area (Å²) in [5.41, 5.74) is 2.45. The van der Waals surface area contributed by atoms with Crippen LogP contribution < -0.4 is 16.0 Å². The van der Waals surface area contributed by atoms with Crippen LogP contribution in [0.3, 0.4) is 0 Å². The molecule has 0 aromatic carbocycles. The fourth-order valence-corrected chi connectivity index (χ4v) is 1.75. The smallest absolute Gasteiger partial charge is 0.234 e. The van der Waals surface area contributed by atoms with Gasteiger partial charge in [0, 0.05) is 13.1 Å². The van der Waals surface area contributed by atoms with Crippen molar-refractivity contribution in [2.75, 3.05) is 25.6 Å². The molecular formula is C10H17N5O. The van der Waals surface area contributed by atoms with E-state index in [0.717, 1.165) is 25.9 Å². The molecule has 88 valence electrons. The predicted molar refractivity (Wildman–Crippen MR) is 61.0 cm³/mol. The van der Waals surface area contributed by atoms with Gasteiger partial charge in [-0.25, -0.2) is 5.84 Å². The molecule has 1 aliphatic heterocycles. The van der Waals surface area contributed by atoms with Gasteiger partial charge >= 0.3 is 0 Å². The standard InChI is InChI=1S/C10H17N5O/c1-15-4-2-8(3-5-15)16-10-7-12-6-9(13-10)14-11/h6-8H,2-5,11H2,1H3,(H,13,14). The van der Waals surface area contributed by atoms with Crippen LogP contribution in [0, 0.1) is 0 Å². The largest absolute Gasteiger partial charge is 0.473 e. The van der Waals surface area contributed by atoms with E-state index >= 15 is 0 Å². The summed E-state index contributed by atoms with van der Waals surface area (Å²) in [5.74, 6) is 6.31. The Balaban J connectivity index is 1.93. The molecule has 1 fully saturated rings. The predicted octanol–water partition coefficient (Wildman–Crippen LogP) is 0.235. The number of nitrogen functional groups attached to an aromatic ring is 1. The first-order chi connectivity index (χ1) is 7.78. The summed E-state index contributed by atoms with van der Waals surface area (Å²) in [6, 6.07) is 0. The van der Waals surface area contributed by atoms with Gasteiger partial charge in [-0.2, -0.15) is 4.98 Å². The first kappa shape index (κ1) is 11.1. The maximum atomic E-state index is 5.75. The Labute approximate surface area is 94.8 Å². The average molecular weight is 223 g/mol. The van der Waals surface area contributed by atoms with Crippen LogP contribution in [-0.2, 0) is 0 Å². The van der Waals surface area contributed by atoms with Crippen LogP contribution in [0.1, 0.15) is 12.8 Å². The molecule has 2 heterocycles. The average Bonchev–Trinajstić information content (AvgIpc) is 2.32. The van der Waals surface area contributed by atoms with Crippen molar-refractivity contribution in [3.05, 3.63) is 12.4 Å². The number of nitrogens with two attached hydrogens (primary N) is 1. The molecule has 6 heteroatoms. The van der Waals surface area contributed by atoms with Gasteiger partial charge in [-0.1, -0.05) is 0 Å². The molecular weight excluding hydrogens is 206 g/mol. The Bertz CT molecular complexity index is 338. The molecule has 1 aromatic rings. The highest BCUT2D eigenvalue weighted by Gasteiger charge is 2.18. The highest BCUT2D eigenvalue weighted by atomic mass is 16.5. The van der Waals surface area contributed by atoms with Crippen LogP contribution in [0.5, 0.6) is 5.88 Å². The van der Waals surface area contributed by atoms with Gasteiger partial charge in [-0.3, -0.25) is 4.98 Å². The zero-order valence-electron chi connectivity index (χ0n) is 9.39. The van der Waals surface area contributed by atoms with Gasteiger partial charge in [-0.15, -0.1) is 0 Å². The number of anilines is 1. The lowest BCUT2D eigenvalue weighted by atomic mass is 10.1. The molecule has 0 atom stereocenters. The van der Waals surface area contributed by atoms with Crippen LogP contribution >= 0.6 is 0 Å². The van der Waals surface area contributed by atoms with E-state index in [4.69, 9.17) is 10.6 Å². The summed E-state index contributed by atoms with van der Waals surface area (Å²) in [5, 5.41) is 0. The fourth-order valence-electron chi connectivity index (χ4n) is 1.75. The normalized spacial score (nSPS) is 18.4. The van der Waals surface area contributed by atoms with Crippen molar-refractivity contribution in [1.82, 2.24) is 14.9 Å². The van der Waals surface area contributed by atoms with E-state index < -0.39 is 0 Å². The number of rotatable bonds is 3. The molecule has 0 spiro atoms. The summed E-state index contributed by atoms with van der Waals surface area (Å²) in [6.07, 6.45) is 5.45. The van der Waals surface area contributed by atoms with Gasteiger partial charge < -0.3 is 15.1 Å². The van der Waals surface area contributed by atoms with E-state index in [2.05, 4.69) is 27.3 Å². The van der Waals surface area contributed by atoms with Crippen LogP contribution in [0.15, 0.2) is 12.4 Å². The molecule has 2 rings (SSSR count). The number of ether oxygens (including phenoxy) is 1. The highest BCUT2D eigenvalue weighted by Crippen LogP contribution is 2.16. The van der Waals surface area contributed by atoms with Crippen LogP contribution in [0.25, 0.3) is 0 Å². The summed E-state index contributed by atoms with van der Waals surface area (Å²) in [7, 11) is 2.12. The highest BCUT2D eigenvalue weighted by molar-refractivity contribution is 5.31. The second kappa shape index (κ2) is 5.09. The van der Waals surface area contributed by atoms with E-state index in [1.54, 1.807) is 12.4 Å². The van der Waals surface area contributed by atoms with Crippen molar-refractivity contribution in [2.45, 2.75) is 18.9 Å². The number of piperidine rings is 1. The second-order valence-electron chi connectivity index (χ2n) is 4.01. The molecule has 16 heavy (non-hydrogen) atoms. The van der Waals surface area contributed by atoms with Gasteiger partial charge in [0.25, 0.3) is 0 Å². The molecule has 1 aliphatic rings.